The zero-order valence-corrected chi connectivity index (χ0v) is 21.1. The maximum Gasteiger partial charge on any atom is 0.335 e. The van der Waals surface area contributed by atoms with Gasteiger partial charge in [-0.05, 0) is 60.5 Å². The quantitative estimate of drug-likeness (QED) is 0.313. The molecule has 1 saturated heterocycles. The fourth-order valence-corrected chi connectivity index (χ4v) is 3.99. The lowest BCUT2D eigenvalue weighted by Gasteiger charge is -2.26. The third-order valence-electron chi connectivity index (χ3n) is 5.25. The van der Waals surface area contributed by atoms with Crippen LogP contribution in [-0.2, 0) is 16.2 Å². The van der Waals surface area contributed by atoms with E-state index in [2.05, 4.69) is 21.2 Å². The minimum Gasteiger partial charge on any atom is -0.493 e. The Labute approximate surface area is 215 Å². The number of aryl methyl sites for hydroxylation is 1. The summed E-state index contributed by atoms with van der Waals surface area (Å²) in [5.74, 6) is -0.886. The zero-order chi connectivity index (χ0) is 25.1. The van der Waals surface area contributed by atoms with E-state index in [0.29, 0.717) is 22.7 Å². The molecule has 0 aliphatic carbocycles. The van der Waals surface area contributed by atoms with Crippen LogP contribution in [0.5, 0.6) is 11.5 Å². The van der Waals surface area contributed by atoms with Crippen LogP contribution >= 0.6 is 27.5 Å². The average molecular weight is 556 g/mol. The number of methoxy groups -OCH3 is 1. The highest BCUT2D eigenvalue weighted by atomic mass is 79.9. The molecule has 35 heavy (non-hydrogen) atoms. The largest absolute Gasteiger partial charge is 0.493 e. The molecule has 1 heterocycles. The molecule has 9 heteroatoms. The lowest BCUT2D eigenvalue weighted by Crippen LogP contribution is -2.54. The molecule has 7 nitrogen and oxygen atoms in total. The molecule has 0 radical (unpaired) electrons. The number of anilines is 1. The second-order valence-electron chi connectivity index (χ2n) is 7.74. The molecular weight excluding hydrogens is 536 g/mol. The fourth-order valence-electron chi connectivity index (χ4n) is 3.45. The molecule has 0 atom stereocenters. The van der Waals surface area contributed by atoms with Gasteiger partial charge in [-0.25, -0.2) is 9.69 Å². The van der Waals surface area contributed by atoms with E-state index in [0.717, 1.165) is 20.5 Å². The van der Waals surface area contributed by atoms with Crippen LogP contribution in [0, 0.1) is 6.92 Å². The van der Waals surface area contributed by atoms with Crippen LogP contribution in [0.4, 0.5) is 10.5 Å². The number of urea groups is 1. The minimum atomic E-state index is -0.824. The van der Waals surface area contributed by atoms with Crippen molar-refractivity contribution in [3.8, 4) is 11.5 Å². The average Bonchev–Trinajstić information content (AvgIpc) is 2.83. The summed E-state index contributed by atoms with van der Waals surface area (Å²) in [6.45, 7) is 2.28. The number of ether oxygens (including phenoxy) is 2. The number of amides is 4. The van der Waals surface area contributed by atoms with Gasteiger partial charge in [-0.15, -0.1) is 0 Å². The van der Waals surface area contributed by atoms with Gasteiger partial charge in [0.25, 0.3) is 11.8 Å². The van der Waals surface area contributed by atoms with E-state index < -0.39 is 17.8 Å². The molecule has 1 fully saturated rings. The number of carbonyl (C=O) groups is 3. The molecule has 4 rings (SSSR count). The Morgan fingerprint density at radius 1 is 1.03 bits per heavy atom. The van der Waals surface area contributed by atoms with Gasteiger partial charge in [-0.2, -0.15) is 0 Å². The van der Waals surface area contributed by atoms with Crippen molar-refractivity contribution in [2.24, 2.45) is 0 Å². The number of halogens is 2. The molecule has 0 aromatic heterocycles. The Morgan fingerprint density at radius 2 is 1.71 bits per heavy atom. The van der Waals surface area contributed by atoms with Crippen molar-refractivity contribution in [2.75, 3.05) is 12.0 Å². The SMILES string of the molecule is COc1cc(C=C2C(=O)NC(=O)N(c3ccc(Br)cc3)C2=O)cc(Cl)c1OCc1ccc(C)cc1. The van der Waals surface area contributed by atoms with Crippen LogP contribution in [0.1, 0.15) is 16.7 Å². The maximum absolute atomic E-state index is 13.1. The van der Waals surface area contributed by atoms with Crippen LogP contribution in [-0.4, -0.2) is 25.0 Å². The van der Waals surface area contributed by atoms with Crippen LogP contribution in [0.3, 0.4) is 0 Å². The van der Waals surface area contributed by atoms with Gasteiger partial charge in [-0.3, -0.25) is 14.9 Å². The standard InChI is InChI=1S/C26H20BrClN2O5/c1-15-3-5-16(6-4-15)14-35-23-21(28)12-17(13-22(23)34-2)11-20-24(31)29-26(33)30(25(20)32)19-9-7-18(27)8-10-19/h3-13H,14H2,1-2H3,(H,29,31,33). The molecule has 1 aliphatic rings. The Hall–Kier alpha value is -3.62. The van der Waals surface area contributed by atoms with E-state index in [1.165, 1.54) is 13.2 Å². The summed E-state index contributed by atoms with van der Waals surface area (Å²) in [7, 11) is 1.47. The smallest absolute Gasteiger partial charge is 0.335 e. The van der Waals surface area contributed by atoms with Crippen molar-refractivity contribution in [1.82, 2.24) is 5.32 Å². The summed E-state index contributed by atoms with van der Waals surface area (Å²) >= 11 is 9.78. The van der Waals surface area contributed by atoms with Gasteiger partial charge in [-0.1, -0.05) is 57.4 Å². The van der Waals surface area contributed by atoms with E-state index in [-0.39, 0.29) is 17.2 Å². The molecule has 4 amide bonds. The first-order valence-corrected chi connectivity index (χ1v) is 11.7. The molecule has 3 aromatic rings. The van der Waals surface area contributed by atoms with E-state index in [4.69, 9.17) is 21.1 Å². The molecule has 0 bridgehead atoms. The number of rotatable bonds is 6. The highest BCUT2D eigenvalue weighted by molar-refractivity contribution is 9.10. The summed E-state index contributed by atoms with van der Waals surface area (Å²) in [4.78, 5) is 38.9. The lowest BCUT2D eigenvalue weighted by molar-refractivity contribution is -0.122. The Bertz CT molecular complexity index is 1340. The molecule has 1 aliphatic heterocycles. The number of carbonyl (C=O) groups excluding carboxylic acids is 3. The van der Waals surface area contributed by atoms with E-state index >= 15 is 0 Å². The van der Waals surface area contributed by atoms with Gasteiger partial charge in [0.05, 0.1) is 17.8 Å². The Kier molecular flexibility index (Phi) is 7.23. The predicted molar refractivity (Wildman–Crippen MR) is 137 cm³/mol. The number of hydrogen-bond donors (Lipinski definition) is 1. The van der Waals surface area contributed by atoms with Crippen molar-refractivity contribution >= 4 is 57.1 Å². The highest BCUT2D eigenvalue weighted by Crippen LogP contribution is 2.38. The third-order valence-corrected chi connectivity index (χ3v) is 6.06. The molecule has 1 N–H and O–H groups in total. The number of hydrogen-bond acceptors (Lipinski definition) is 5. The van der Waals surface area contributed by atoms with Gasteiger partial charge >= 0.3 is 6.03 Å². The molecule has 178 valence electrons. The van der Waals surface area contributed by atoms with Gasteiger partial charge < -0.3 is 9.47 Å². The first-order valence-electron chi connectivity index (χ1n) is 10.5. The summed E-state index contributed by atoms with van der Waals surface area (Å²) in [6, 6.07) is 16.8. The second kappa shape index (κ2) is 10.3. The third kappa shape index (κ3) is 5.39. The summed E-state index contributed by atoms with van der Waals surface area (Å²) < 4.78 is 12.1. The number of barbiturate groups is 1. The molecule has 0 saturated carbocycles. The molecular formula is C26H20BrClN2O5. The van der Waals surface area contributed by atoms with Crippen molar-refractivity contribution in [3.05, 3.63) is 92.4 Å². The van der Waals surface area contributed by atoms with Crippen molar-refractivity contribution in [1.29, 1.82) is 0 Å². The Morgan fingerprint density at radius 3 is 2.37 bits per heavy atom. The molecule has 0 spiro atoms. The summed E-state index contributed by atoms with van der Waals surface area (Å²) in [5, 5.41) is 2.44. The maximum atomic E-state index is 13.1. The predicted octanol–water partition coefficient (Wildman–Crippen LogP) is 5.66. The van der Waals surface area contributed by atoms with E-state index in [9.17, 15) is 14.4 Å². The first kappa shape index (κ1) is 24.5. The topological polar surface area (TPSA) is 84.9 Å². The second-order valence-corrected chi connectivity index (χ2v) is 9.07. The van der Waals surface area contributed by atoms with Crippen LogP contribution in [0.25, 0.3) is 6.08 Å². The van der Waals surface area contributed by atoms with Crippen LogP contribution in [0.2, 0.25) is 5.02 Å². The van der Waals surface area contributed by atoms with E-state index in [1.807, 2.05) is 31.2 Å². The molecule has 0 unspecified atom stereocenters. The van der Waals surface area contributed by atoms with E-state index in [1.54, 1.807) is 36.4 Å². The zero-order valence-electron chi connectivity index (χ0n) is 18.8. The first-order chi connectivity index (χ1) is 16.8. The van der Waals surface area contributed by atoms with Gasteiger partial charge in [0.2, 0.25) is 0 Å². The number of nitrogens with zero attached hydrogens (tertiary/aromatic N) is 1. The highest BCUT2D eigenvalue weighted by Gasteiger charge is 2.36. The van der Waals surface area contributed by atoms with Crippen molar-refractivity contribution in [2.45, 2.75) is 13.5 Å². The van der Waals surface area contributed by atoms with Gasteiger partial charge in [0, 0.05) is 4.47 Å². The number of nitrogens with one attached hydrogen (secondary N) is 1. The normalized spacial score (nSPS) is 14.8. The molecule has 3 aromatic carbocycles. The van der Waals surface area contributed by atoms with Crippen molar-refractivity contribution < 1.29 is 23.9 Å². The number of imide groups is 2. The van der Waals surface area contributed by atoms with Gasteiger partial charge in [0.1, 0.15) is 12.2 Å². The summed E-state index contributed by atoms with van der Waals surface area (Å²) in [5.41, 5.74) is 2.63. The van der Waals surface area contributed by atoms with Gasteiger partial charge in [0.15, 0.2) is 11.5 Å². The minimum absolute atomic E-state index is 0.223. The van der Waals surface area contributed by atoms with Crippen LogP contribution < -0.4 is 19.7 Å². The van der Waals surface area contributed by atoms with Crippen LogP contribution in [0.15, 0.2) is 70.7 Å². The van der Waals surface area contributed by atoms with Crippen molar-refractivity contribution in [3.63, 3.8) is 0 Å². The number of benzene rings is 3. The fraction of sp³-hybridized carbons (Fsp3) is 0.115. The lowest BCUT2D eigenvalue weighted by atomic mass is 10.1. The summed E-state index contributed by atoms with van der Waals surface area (Å²) in [6.07, 6.45) is 1.36. The monoisotopic (exact) mass is 554 g/mol. The Balaban J connectivity index is 1.63.